The summed E-state index contributed by atoms with van der Waals surface area (Å²) in [5, 5.41) is 2.62. The van der Waals surface area contributed by atoms with Gasteiger partial charge in [0.25, 0.3) is 11.5 Å². The second kappa shape index (κ2) is 5.45. The van der Waals surface area contributed by atoms with E-state index >= 15 is 0 Å². The molecule has 0 bridgehead atoms. The molecule has 3 heterocycles. The molecule has 4 rings (SSSR count). The van der Waals surface area contributed by atoms with E-state index in [9.17, 15) is 14.4 Å². The predicted molar refractivity (Wildman–Crippen MR) is 85.7 cm³/mol. The molecule has 7 heteroatoms. The molecule has 2 aromatic rings. The highest BCUT2D eigenvalue weighted by Gasteiger charge is 2.25. The SMILES string of the molecule is O=C1N=c2[nH]c(=O)c3c(c2C(=O)N1)CCN(Cc1ccccc1)C=3. The normalized spacial score (nSPS) is 15.8. The summed E-state index contributed by atoms with van der Waals surface area (Å²) in [4.78, 5) is 44.1. The molecule has 2 aliphatic heterocycles. The first-order chi connectivity index (χ1) is 11.6. The summed E-state index contributed by atoms with van der Waals surface area (Å²) in [6.07, 6.45) is 2.32. The Kier molecular flexibility index (Phi) is 3.26. The standard InChI is InChI=1S/C17H14N4O3/c22-15-12-9-21(8-10-4-2-1-3-5-10)7-6-11(12)13-14(18-15)19-17(24)20-16(13)23/h1-5,9H,6-8H2,(H2,18,19,20,22,23,24). The zero-order chi connectivity index (χ0) is 16.7. The molecule has 0 radical (unpaired) electrons. The number of carbonyl (C=O) groups is 2. The highest BCUT2D eigenvalue weighted by atomic mass is 16.2. The Hall–Kier alpha value is -3.22. The van der Waals surface area contributed by atoms with Gasteiger partial charge in [0.2, 0.25) is 0 Å². The van der Waals surface area contributed by atoms with Crippen LogP contribution in [0.5, 0.6) is 0 Å². The van der Waals surface area contributed by atoms with E-state index in [1.807, 2.05) is 35.2 Å². The van der Waals surface area contributed by atoms with E-state index in [1.54, 1.807) is 6.20 Å². The molecule has 0 unspecified atom stereocenters. The van der Waals surface area contributed by atoms with Crippen LogP contribution in [-0.4, -0.2) is 28.4 Å². The van der Waals surface area contributed by atoms with Gasteiger partial charge in [-0.15, -0.1) is 0 Å². The van der Waals surface area contributed by atoms with Crippen LogP contribution >= 0.6 is 0 Å². The van der Waals surface area contributed by atoms with Gasteiger partial charge in [-0.1, -0.05) is 30.3 Å². The van der Waals surface area contributed by atoms with E-state index in [1.165, 1.54) is 0 Å². The van der Waals surface area contributed by atoms with Crippen molar-refractivity contribution < 1.29 is 9.59 Å². The van der Waals surface area contributed by atoms with Crippen LogP contribution in [0, 0.1) is 0 Å². The van der Waals surface area contributed by atoms with Gasteiger partial charge in [0.05, 0.1) is 10.8 Å². The number of hydrogen-bond donors (Lipinski definition) is 2. The maximum absolute atomic E-state index is 12.3. The van der Waals surface area contributed by atoms with Gasteiger partial charge < -0.3 is 9.88 Å². The molecule has 0 fully saturated rings. The van der Waals surface area contributed by atoms with Crippen molar-refractivity contribution in [3.8, 4) is 0 Å². The lowest BCUT2D eigenvalue weighted by Gasteiger charge is -2.25. The minimum Gasteiger partial charge on any atom is -0.372 e. The topological polar surface area (TPSA) is 94.6 Å². The Morgan fingerprint density at radius 2 is 1.92 bits per heavy atom. The van der Waals surface area contributed by atoms with E-state index in [0.717, 1.165) is 5.56 Å². The van der Waals surface area contributed by atoms with Crippen LogP contribution in [-0.2, 0) is 13.0 Å². The van der Waals surface area contributed by atoms with E-state index in [2.05, 4.69) is 15.3 Å². The van der Waals surface area contributed by atoms with Gasteiger partial charge >= 0.3 is 6.03 Å². The van der Waals surface area contributed by atoms with E-state index in [4.69, 9.17) is 0 Å². The van der Waals surface area contributed by atoms with Gasteiger partial charge in [-0.3, -0.25) is 14.9 Å². The minimum atomic E-state index is -0.756. The molecule has 120 valence electrons. The fourth-order valence-electron chi connectivity index (χ4n) is 3.11. The predicted octanol–water partition coefficient (Wildman–Crippen LogP) is -0.346. The molecule has 24 heavy (non-hydrogen) atoms. The summed E-state index contributed by atoms with van der Waals surface area (Å²) in [5.74, 6) is -0.512. The number of aromatic nitrogens is 1. The third-order valence-corrected chi connectivity index (χ3v) is 4.19. The number of imide groups is 1. The van der Waals surface area contributed by atoms with Crippen molar-refractivity contribution >= 4 is 18.1 Å². The smallest absolute Gasteiger partial charge is 0.349 e. The van der Waals surface area contributed by atoms with Crippen LogP contribution in [0.25, 0.3) is 6.20 Å². The Balaban J connectivity index is 1.82. The molecule has 1 aromatic heterocycles. The zero-order valence-corrected chi connectivity index (χ0v) is 12.7. The van der Waals surface area contributed by atoms with Crippen LogP contribution in [0.1, 0.15) is 21.5 Å². The lowest BCUT2D eigenvalue weighted by Crippen LogP contribution is -2.50. The number of aromatic amines is 1. The number of nitrogens with zero attached hydrogens (tertiary/aromatic N) is 2. The first kappa shape index (κ1) is 14.4. The first-order valence-corrected chi connectivity index (χ1v) is 7.61. The summed E-state index contributed by atoms with van der Waals surface area (Å²) >= 11 is 0. The summed E-state index contributed by atoms with van der Waals surface area (Å²) < 4.78 is 0. The highest BCUT2D eigenvalue weighted by molar-refractivity contribution is 6.07. The Labute approximate surface area is 136 Å². The average Bonchev–Trinajstić information content (AvgIpc) is 2.55. The van der Waals surface area contributed by atoms with Gasteiger partial charge in [0, 0.05) is 19.3 Å². The van der Waals surface area contributed by atoms with E-state index in [0.29, 0.717) is 35.9 Å². The largest absolute Gasteiger partial charge is 0.372 e. The average molecular weight is 322 g/mol. The highest BCUT2D eigenvalue weighted by Crippen LogP contribution is 2.11. The molecule has 2 aliphatic rings. The van der Waals surface area contributed by atoms with E-state index in [-0.39, 0.29) is 11.0 Å². The van der Waals surface area contributed by atoms with Crippen LogP contribution in [0.2, 0.25) is 0 Å². The lowest BCUT2D eigenvalue weighted by molar-refractivity contribution is 0.0958. The molecular formula is C17H14N4O3. The Morgan fingerprint density at radius 1 is 1.12 bits per heavy atom. The number of amides is 3. The molecule has 0 atom stereocenters. The number of urea groups is 1. The first-order valence-electron chi connectivity index (χ1n) is 7.61. The summed E-state index contributed by atoms with van der Waals surface area (Å²) in [6, 6.07) is 9.20. The quantitative estimate of drug-likeness (QED) is 0.790. The van der Waals surface area contributed by atoms with Crippen molar-refractivity contribution in [1.29, 1.82) is 0 Å². The molecule has 0 saturated carbocycles. The van der Waals surface area contributed by atoms with Crippen LogP contribution in [0.3, 0.4) is 0 Å². The number of pyridine rings is 1. The van der Waals surface area contributed by atoms with Crippen molar-refractivity contribution in [2.45, 2.75) is 13.0 Å². The number of nitrogens with one attached hydrogen (secondary N) is 2. The molecule has 0 spiro atoms. The monoisotopic (exact) mass is 322 g/mol. The number of carbonyl (C=O) groups excluding carboxylic acids is 2. The third kappa shape index (κ3) is 2.40. The Bertz CT molecular complexity index is 1020. The lowest BCUT2D eigenvalue weighted by atomic mass is 10.00. The molecule has 1 aromatic carbocycles. The van der Waals surface area contributed by atoms with Crippen molar-refractivity contribution in [1.82, 2.24) is 15.2 Å². The van der Waals surface area contributed by atoms with Crippen LogP contribution in [0.15, 0.2) is 40.1 Å². The third-order valence-electron chi connectivity index (χ3n) is 4.19. The second-order valence-electron chi connectivity index (χ2n) is 5.78. The maximum atomic E-state index is 12.3. The van der Waals surface area contributed by atoms with Crippen molar-refractivity contribution in [3.63, 3.8) is 0 Å². The molecule has 7 nitrogen and oxygen atoms in total. The van der Waals surface area contributed by atoms with Gasteiger partial charge in [-0.05, 0) is 17.5 Å². The van der Waals surface area contributed by atoms with Crippen LogP contribution < -0.4 is 21.6 Å². The molecule has 0 saturated heterocycles. The molecule has 0 aliphatic carbocycles. The Morgan fingerprint density at radius 3 is 2.71 bits per heavy atom. The maximum Gasteiger partial charge on any atom is 0.349 e. The second-order valence-corrected chi connectivity index (χ2v) is 5.78. The van der Waals surface area contributed by atoms with Gasteiger partial charge in [0.1, 0.15) is 0 Å². The number of rotatable bonds is 2. The number of H-pyrrole nitrogens is 1. The minimum absolute atomic E-state index is 0.0532. The van der Waals surface area contributed by atoms with Gasteiger partial charge in [0.15, 0.2) is 5.49 Å². The van der Waals surface area contributed by atoms with Crippen molar-refractivity contribution in [2.24, 2.45) is 4.99 Å². The number of hydrogen-bond acceptors (Lipinski definition) is 4. The summed E-state index contributed by atoms with van der Waals surface area (Å²) in [5.41, 5.74) is 1.79. The summed E-state index contributed by atoms with van der Waals surface area (Å²) in [7, 11) is 0. The number of benzene rings is 1. The molecule has 3 amide bonds. The van der Waals surface area contributed by atoms with Gasteiger partial charge in [-0.2, -0.15) is 4.99 Å². The van der Waals surface area contributed by atoms with Crippen molar-refractivity contribution in [2.75, 3.05) is 6.54 Å². The van der Waals surface area contributed by atoms with Crippen molar-refractivity contribution in [3.05, 3.63) is 68.1 Å². The van der Waals surface area contributed by atoms with E-state index < -0.39 is 11.9 Å². The fraction of sp³-hybridized carbons (Fsp3) is 0.176. The fourth-order valence-corrected chi connectivity index (χ4v) is 3.11. The zero-order valence-electron chi connectivity index (χ0n) is 12.7. The molecular weight excluding hydrogens is 308 g/mol. The van der Waals surface area contributed by atoms with Crippen LogP contribution in [0.4, 0.5) is 4.79 Å². The van der Waals surface area contributed by atoms with Gasteiger partial charge in [-0.25, -0.2) is 4.79 Å². The number of fused-ring (bicyclic) bond motifs is 3. The molecule has 2 N–H and O–H groups in total. The summed E-state index contributed by atoms with van der Waals surface area (Å²) in [6.45, 7) is 1.37.